The highest BCUT2D eigenvalue weighted by molar-refractivity contribution is 5.96. The minimum atomic E-state index is 0.262. The second-order valence-electron chi connectivity index (χ2n) is 7.17. The van der Waals surface area contributed by atoms with E-state index in [1.165, 1.54) is 11.1 Å². The number of nitrogens with zero attached hydrogens (tertiary/aromatic N) is 2. The summed E-state index contributed by atoms with van der Waals surface area (Å²) in [6.45, 7) is 5.20. The molecule has 0 aliphatic carbocycles. The molecular formula is C22H26N2O. The van der Waals surface area contributed by atoms with Gasteiger partial charge in [-0.25, -0.2) is 0 Å². The summed E-state index contributed by atoms with van der Waals surface area (Å²) >= 11 is 0. The largest absolute Gasteiger partial charge is 0.308 e. The fraction of sp³-hybridized carbons (Fsp3) is 0.409. The van der Waals surface area contributed by atoms with Crippen molar-refractivity contribution in [3.05, 3.63) is 65.7 Å². The van der Waals surface area contributed by atoms with Gasteiger partial charge in [-0.15, -0.1) is 0 Å². The minimum Gasteiger partial charge on any atom is -0.308 e. The first-order chi connectivity index (χ1) is 12.3. The van der Waals surface area contributed by atoms with Crippen LogP contribution in [0, 0.1) is 0 Å². The van der Waals surface area contributed by atoms with Crippen LogP contribution in [-0.2, 0) is 11.2 Å². The van der Waals surface area contributed by atoms with Crippen molar-refractivity contribution in [1.82, 2.24) is 4.90 Å². The number of hydrogen-bond donors (Lipinski definition) is 0. The maximum absolute atomic E-state index is 12.5. The zero-order chi connectivity index (χ0) is 17.2. The standard InChI is InChI=1S/C22H26N2O/c1-2-22(25)24-20-11-7-6-10-18(20)19-16-23(15-13-21(19)24)14-12-17-8-4-3-5-9-17/h3-11,19,21H,2,12-16H2,1H3/t19-,21-/m0/s1. The zero-order valence-corrected chi connectivity index (χ0v) is 14.9. The van der Waals surface area contributed by atoms with Crippen LogP contribution in [0.4, 0.5) is 5.69 Å². The van der Waals surface area contributed by atoms with Crippen molar-refractivity contribution < 1.29 is 4.79 Å². The molecule has 4 rings (SSSR count). The number of carbonyl (C=O) groups is 1. The second-order valence-corrected chi connectivity index (χ2v) is 7.17. The molecule has 130 valence electrons. The Balaban J connectivity index is 1.50. The number of likely N-dealkylation sites (tertiary alicyclic amines) is 1. The third-order valence-corrected chi connectivity index (χ3v) is 5.72. The van der Waals surface area contributed by atoms with E-state index < -0.39 is 0 Å². The number of para-hydroxylation sites is 1. The number of piperidine rings is 1. The zero-order valence-electron chi connectivity index (χ0n) is 14.9. The molecule has 2 aromatic carbocycles. The monoisotopic (exact) mass is 334 g/mol. The molecule has 0 spiro atoms. The van der Waals surface area contributed by atoms with Crippen molar-refractivity contribution in [2.45, 2.75) is 38.1 Å². The Hall–Kier alpha value is -2.13. The molecule has 2 atom stereocenters. The van der Waals surface area contributed by atoms with Crippen LogP contribution in [0.1, 0.15) is 36.8 Å². The van der Waals surface area contributed by atoms with Crippen LogP contribution >= 0.6 is 0 Å². The molecule has 0 unspecified atom stereocenters. The molecule has 3 heteroatoms. The maximum atomic E-state index is 12.5. The van der Waals surface area contributed by atoms with Crippen LogP contribution in [0.25, 0.3) is 0 Å². The van der Waals surface area contributed by atoms with Crippen LogP contribution in [0.3, 0.4) is 0 Å². The molecule has 3 nitrogen and oxygen atoms in total. The van der Waals surface area contributed by atoms with E-state index >= 15 is 0 Å². The predicted molar refractivity (Wildman–Crippen MR) is 102 cm³/mol. The molecule has 0 aromatic heterocycles. The Morgan fingerprint density at radius 2 is 1.84 bits per heavy atom. The molecule has 0 N–H and O–H groups in total. The summed E-state index contributed by atoms with van der Waals surface area (Å²) in [7, 11) is 0. The van der Waals surface area contributed by atoms with Gasteiger partial charge in [-0.2, -0.15) is 0 Å². The number of anilines is 1. The van der Waals surface area contributed by atoms with Gasteiger partial charge in [0.25, 0.3) is 0 Å². The Labute approximate surface area is 150 Å². The van der Waals surface area contributed by atoms with E-state index in [1.807, 2.05) is 6.92 Å². The van der Waals surface area contributed by atoms with E-state index in [9.17, 15) is 4.79 Å². The lowest BCUT2D eigenvalue weighted by molar-refractivity contribution is -0.118. The highest BCUT2D eigenvalue weighted by Gasteiger charge is 2.43. The van der Waals surface area contributed by atoms with Gasteiger partial charge < -0.3 is 9.80 Å². The highest BCUT2D eigenvalue weighted by Crippen LogP contribution is 2.44. The van der Waals surface area contributed by atoms with Gasteiger partial charge in [0.05, 0.1) is 0 Å². The summed E-state index contributed by atoms with van der Waals surface area (Å²) in [5.74, 6) is 0.717. The SMILES string of the molecule is CCC(=O)N1c2ccccc2[C@@H]2CN(CCc3ccccc3)CC[C@@H]21. The van der Waals surface area contributed by atoms with E-state index in [0.717, 1.165) is 38.2 Å². The summed E-state index contributed by atoms with van der Waals surface area (Å²) in [4.78, 5) is 17.2. The van der Waals surface area contributed by atoms with Crippen LogP contribution in [0.15, 0.2) is 54.6 Å². The molecule has 1 fully saturated rings. The highest BCUT2D eigenvalue weighted by atomic mass is 16.2. The Bertz CT molecular complexity index is 743. The normalized spacial score (nSPS) is 22.5. The average molecular weight is 334 g/mol. The van der Waals surface area contributed by atoms with Gasteiger partial charge in [0.15, 0.2) is 0 Å². The van der Waals surface area contributed by atoms with Crippen LogP contribution in [0.5, 0.6) is 0 Å². The number of carbonyl (C=O) groups excluding carboxylic acids is 1. The molecule has 0 bridgehead atoms. The van der Waals surface area contributed by atoms with Crippen molar-refractivity contribution in [3.63, 3.8) is 0 Å². The van der Waals surface area contributed by atoms with E-state index in [4.69, 9.17) is 0 Å². The summed E-state index contributed by atoms with van der Waals surface area (Å²) in [5.41, 5.74) is 3.91. The molecule has 0 radical (unpaired) electrons. The Kier molecular flexibility index (Phi) is 4.58. The van der Waals surface area contributed by atoms with Gasteiger partial charge in [0.2, 0.25) is 5.91 Å². The minimum absolute atomic E-state index is 0.262. The van der Waals surface area contributed by atoms with Crippen LogP contribution in [0.2, 0.25) is 0 Å². The number of benzene rings is 2. The van der Waals surface area contributed by atoms with Crippen LogP contribution in [-0.4, -0.2) is 36.5 Å². The van der Waals surface area contributed by atoms with Gasteiger partial charge in [-0.3, -0.25) is 4.79 Å². The summed E-state index contributed by atoms with van der Waals surface area (Å²) in [5, 5.41) is 0. The van der Waals surface area contributed by atoms with Gasteiger partial charge in [-0.05, 0) is 30.0 Å². The van der Waals surface area contributed by atoms with Crippen molar-refractivity contribution >= 4 is 11.6 Å². The van der Waals surface area contributed by atoms with E-state index in [2.05, 4.69) is 64.4 Å². The van der Waals surface area contributed by atoms with Crippen molar-refractivity contribution in [2.24, 2.45) is 0 Å². The fourth-order valence-electron chi connectivity index (χ4n) is 4.45. The topological polar surface area (TPSA) is 23.6 Å². The number of rotatable bonds is 4. The first-order valence-corrected chi connectivity index (χ1v) is 9.45. The molecular weight excluding hydrogens is 308 g/mol. The Morgan fingerprint density at radius 1 is 1.08 bits per heavy atom. The fourth-order valence-corrected chi connectivity index (χ4v) is 4.45. The molecule has 2 aliphatic heterocycles. The van der Waals surface area contributed by atoms with E-state index in [0.29, 0.717) is 18.4 Å². The second kappa shape index (κ2) is 7.01. The van der Waals surface area contributed by atoms with E-state index in [1.54, 1.807) is 0 Å². The molecule has 2 heterocycles. The molecule has 1 saturated heterocycles. The van der Waals surface area contributed by atoms with Crippen LogP contribution < -0.4 is 4.90 Å². The maximum Gasteiger partial charge on any atom is 0.226 e. The lowest BCUT2D eigenvalue weighted by atomic mass is 9.89. The third-order valence-electron chi connectivity index (χ3n) is 5.72. The van der Waals surface area contributed by atoms with Crippen molar-refractivity contribution in [1.29, 1.82) is 0 Å². The van der Waals surface area contributed by atoms with Gasteiger partial charge >= 0.3 is 0 Å². The van der Waals surface area contributed by atoms with Crippen molar-refractivity contribution in [2.75, 3.05) is 24.5 Å². The predicted octanol–water partition coefficient (Wildman–Crippen LogP) is 3.84. The lowest BCUT2D eigenvalue weighted by Gasteiger charge is -2.38. The summed E-state index contributed by atoms with van der Waals surface area (Å²) in [6.07, 6.45) is 2.74. The number of hydrogen-bond acceptors (Lipinski definition) is 2. The van der Waals surface area contributed by atoms with Gasteiger partial charge in [-0.1, -0.05) is 55.5 Å². The number of amides is 1. The molecule has 2 aromatic rings. The van der Waals surface area contributed by atoms with Gasteiger partial charge in [0.1, 0.15) is 0 Å². The lowest BCUT2D eigenvalue weighted by Crippen LogP contribution is -2.48. The third kappa shape index (κ3) is 3.09. The number of fused-ring (bicyclic) bond motifs is 3. The smallest absolute Gasteiger partial charge is 0.226 e. The molecule has 1 amide bonds. The molecule has 2 aliphatic rings. The first kappa shape index (κ1) is 16.3. The van der Waals surface area contributed by atoms with Gasteiger partial charge in [0, 0.05) is 43.7 Å². The average Bonchev–Trinajstić information content (AvgIpc) is 3.00. The Morgan fingerprint density at radius 3 is 2.64 bits per heavy atom. The summed E-state index contributed by atoms with van der Waals surface area (Å²) in [6, 6.07) is 19.6. The quantitative estimate of drug-likeness (QED) is 0.848. The molecule has 25 heavy (non-hydrogen) atoms. The summed E-state index contributed by atoms with van der Waals surface area (Å²) < 4.78 is 0. The van der Waals surface area contributed by atoms with Crippen molar-refractivity contribution in [3.8, 4) is 0 Å². The molecule has 0 saturated carbocycles. The van der Waals surface area contributed by atoms with E-state index in [-0.39, 0.29) is 5.91 Å². The first-order valence-electron chi connectivity index (χ1n) is 9.45.